The quantitative estimate of drug-likeness (QED) is 0.709. The maximum absolute atomic E-state index is 10.4. The van der Waals surface area contributed by atoms with Crippen molar-refractivity contribution in [2.75, 3.05) is 18.0 Å². The Morgan fingerprint density at radius 3 is 2.80 bits per heavy atom. The van der Waals surface area contributed by atoms with Crippen LogP contribution < -0.4 is 4.90 Å². The van der Waals surface area contributed by atoms with Crippen molar-refractivity contribution in [3.63, 3.8) is 0 Å². The molecular weight excluding hydrogens is 192 g/mol. The van der Waals surface area contributed by atoms with E-state index in [0.717, 1.165) is 25.1 Å². The molecule has 1 aliphatic heterocycles. The van der Waals surface area contributed by atoms with Gasteiger partial charge in [0.25, 0.3) is 6.01 Å². The van der Waals surface area contributed by atoms with Crippen LogP contribution in [0.25, 0.3) is 0 Å². The molecule has 0 saturated carbocycles. The maximum atomic E-state index is 10.4. The summed E-state index contributed by atoms with van der Waals surface area (Å²) < 4.78 is 5.58. The number of piperidine rings is 1. The molecule has 0 bridgehead atoms. The first-order chi connectivity index (χ1) is 7.31. The third-order valence-electron chi connectivity index (χ3n) is 2.78. The molecular formula is C11H16N2O2. The topological polar surface area (TPSA) is 46.3 Å². The Morgan fingerprint density at radius 2 is 2.13 bits per heavy atom. The second-order valence-corrected chi connectivity index (χ2v) is 3.92. The van der Waals surface area contributed by atoms with Crippen molar-refractivity contribution in [3.05, 3.63) is 11.5 Å². The number of aldehydes is 1. The van der Waals surface area contributed by atoms with Gasteiger partial charge in [-0.05, 0) is 26.2 Å². The van der Waals surface area contributed by atoms with Gasteiger partial charge in [-0.2, -0.15) is 4.98 Å². The first-order valence-corrected chi connectivity index (χ1v) is 5.46. The minimum absolute atomic E-state index is 0.326. The Bertz CT molecular complexity index is 340. The number of nitrogens with zero attached hydrogens (tertiary/aromatic N) is 2. The molecule has 2 heterocycles. The zero-order valence-corrected chi connectivity index (χ0v) is 9.03. The molecule has 0 N–H and O–H groups in total. The van der Waals surface area contributed by atoms with Gasteiger partial charge in [0.2, 0.25) is 0 Å². The summed E-state index contributed by atoms with van der Waals surface area (Å²) in [5.74, 6) is 0.700. The number of oxazole rings is 1. The van der Waals surface area contributed by atoms with Crippen LogP contribution in [0.4, 0.5) is 6.01 Å². The summed E-state index contributed by atoms with van der Waals surface area (Å²) in [6, 6.07) is 0.684. The Morgan fingerprint density at radius 1 is 1.40 bits per heavy atom. The van der Waals surface area contributed by atoms with E-state index in [1.54, 1.807) is 0 Å². The highest BCUT2D eigenvalue weighted by atomic mass is 16.4. The highest BCUT2D eigenvalue weighted by Gasteiger charge is 2.17. The largest absolute Gasteiger partial charge is 0.428 e. The minimum atomic E-state index is 0.326. The monoisotopic (exact) mass is 208 g/mol. The summed E-state index contributed by atoms with van der Waals surface area (Å²) in [6.07, 6.45) is 4.87. The number of aromatic nitrogens is 1. The summed E-state index contributed by atoms with van der Waals surface area (Å²) >= 11 is 0. The molecule has 1 aromatic rings. The number of hydrogen-bond acceptors (Lipinski definition) is 4. The predicted octanol–water partition coefficient (Wildman–Crippen LogP) is 1.71. The molecule has 0 amide bonds. The Hall–Kier alpha value is -1.32. The summed E-state index contributed by atoms with van der Waals surface area (Å²) in [4.78, 5) is 16.9. The molecule has 1 aliphatic rings. The molecule has 0 aromatic carbocycles. The molecule has 2 rings (SSSR count). The molecule has 15 heavy (non-hydrogen) atoms. The third kappa shape index (κ3) is 2.19. The molecule has 1 saturated heterocycles. The predicted molar refractivity (Wildman–Crippen MR) is 57.1 cm³/mol. The molecule has 4 heteroatoms. The van der Waals surface area contributed by atoms with E-state index in [1.807, 2.05) is 6.92 Å². The second-order valence-electron chi connectivity index (χ2n) is 3.92. The summed E-state index contributed by atoms with van der Waals surface area (Å²) in [5.41, 5.74) is 0.836. The highest BCUT2D eigenvalue weighted by Crippen LogP contribution is 2.21. The van der Waals surface area contributed by atoms with Gasteiger partial charge in [0, 0.05) is 13.1 Å². The van der Waals surface area contributed by atoms with Crippen molar-refractivity contribution in [3.8, 4) is 0 Å². The molecule has 1 aromatic heterocycles. The van der Waals surface area contributed by atoms with Crippen LogP contribution in [0.1, 0.15) is 30.7 Å². The van der Waals surface area contributed by atoms with E-state index in [0.29, 0.717) is 18.2 Å². The van der Waals surface area contributed by atoms with E-state index in [1.165, 1.54) is 19.3 Å². The van der Waals surface area contributed by atoms with Crippen molar-refractivity contribution in [2.45, 2.75) is 32.6 Å². The van der Waals surface area contributed by atoms with Crippen LogP contribution in [-0.2, 0) is 11.2 Å². The van der Waals surface area contributed by atoms with Gasteiger partial charge in [-0.15, -0.1) is 0 Å². The summed E-state index contributed by atoms with van der Waals surface area (Å²) in [6.45, 7) is 3.91. The first kappa shape index (κ1) is 10.2. The van der Waals surface area contributed by atoms with Crippen molar-refractivity contribution >= 4 is 12.3 Å². The molecule has 0 aliphatic carbocycles. The summed E-state index contributed by atoms with van der Waals surface area (Å²) in [5, 5.41) is 0. The zero-order chi connectivity index (χ0) is 10.7. The van der Waals surface area contributed by atoms with E-state index in [4.69, 9.17) is 4.42 Å². The lowest BCUT2D eigenvalue weighted by molar-refractivity contribution is -0.107. The fourth-order valence-electron chi connectivity index (χ4n) is 1.90. The molecule has 4 nitrogen and oxygen atoms in total. The highest BCUT2D eigenvalue weighted by molar-refractivity contribution is 5.54. The number of aryl methyl sites for hydroxylation is 1. The lowest BCUT2D eigenvalue weighted by Gasteiger charge is -2.24. The van der Waals surface area contributed by atoms with Gasteiger partial charge in [0.15, 0.2) is 0 Å². The summed E-state index contributed by atoms with van der Waals surface area (Å²) in [7, 11) is 0. The number of carbonyl (C=O) groups excluding carboxylic acids is 1. The van der Waals surface area contributed by atoms with Crippen LogP contribution in [0.2, 0.25) is 0 Å². The average molecular weight is 208 g/mol. The van der Waals surface area contributed by atoms with E-state index < -0.39 is 0 Å². The molecule has 0 unspecified atom stereocenters. The van der Waals surface area contributed by atoms with Gasteiger partial charge in [0.1, 0.15) is 12.0 Å². The van der Waals surface area contributed by atoms with Crippen molar-refractivity contribution in [1.29, 1.82) is 0 Å². The van der Waals surface area contributed by atoms with Crippen molar-refractivity contribution in [2.24, 2.45) is 0 Å². The number of anilines is 1. The Balaban J connectivity index is 2.13. The lowest BCUT2D eigenvalue weighted by Crippen LogP contribution is -2.29. The van der Waals surface area contributed by atoms with Crippen LogP contribution in [0.5, 0.6) is 0 Å². The van der Waals surface area contributed by atoms with Crippen LogP contribution >= 0.6 is 0 Å². The smallest absolute Gasteiger partial charge is 0.297 e. The SMILES string of the molecule is Cc1nc(N2CCCCC2)oc1CC=O. The fraction of sp³-hybridized carbons (Fsp3) is 0.636. The van der Waals surface area contributed by atoms with Gasteiger partial charge < -0.3 is 14.1 Å². The minimum Gasteiger partial charge on any atom is -0.428 e. The van der Waals surface area contributed by atoms with Crippen LogP contribution in [0.15, 0.2) is 4.42 Å². The van der Waals surface area contributed by atoms with Crippen LogP contribution in [0, 0.1) is 6.92 Å². The molecule has 1 fully saturated rings. The number of hydrogen-bond donors (Lipinski definition) is 0. The van der Waals surface area contributed by atoms with E-state index in [2.05, 4.69) is 9.88 Å². The first-order valence-electron chi connectivity index (χ1n) is 5.46. The van der Waals surface area contributed by atoms with Gasteiger partial charge in [-0.25, -0.2) is 0 Å². The molecule has 82 valence electrons. The normalized spacial score (nSPS) is 16.7. The Labute approximate surface area is 89.3 Å². The molecule has 0 radical (unpaired) electrons. The number of carbonyl (C=O) groups is 1. The van der Waals surface area contributed by atoms with Crippen molar-refractivity contribution < 1.29 is 9.21 Å². The van der Waals surface area contributed by atoms with Crippen LogP contribution in [0.3, 0.4) is 0 Å². The fourth-order valence-corrected chi connectivity index (χ4v) is 1.90. The van der Waals surface area contributed by atoms with Crippen molar-refractivity contribution in [1.82, 2.24) is 4.98 Å². The van der Waals surface area contributed by atoms with Crippen LogP contribution in [-0.4, -0.2) is 24.4 Å². The molecule has 0 spiro atoms. The van der Waals surface area contributed by atoms with Gasteiger partial charge in [-0.1, -0.05) is 0 Å². The lowest BCUT2D eigenvalue weighted by atomic mass is 10.1. The van der Waals surface area contributed by atoms with Gasteiger partial charge in [0.05, 0.1) is 12.1 Å². The molecule has 0 atom stereocenters. The standard InChI is InChI=1S/C11H16N2O2/c1-9-10(5-8-14)15-11(12-9)13-6-3-2-4-7-13/h8H,2-7H2,1H3. The Kier molecular flexibility index (Phi) is 3.04. The average Bonchev–Trinajstić information content (AvgIpc) is 2.63. The van der Waals surface area contributed by atoms with E-state index in [9.17, 15) is 4.79 Å². The maximum Gasteiger partial charge on any atom is 0.297 e. The van der Waals surface area contributed by atoms with Gasteiger partial charge >= 0.3 is 0 Å². The van der Waals surface area contributed by atoms with E-state index in [-0.39, 0.29) is 0 Å². The second kappa shape index (κ2) is 4.47. The van der Waals surface area contributed by atoms with E-state index >= 15 is 0 Å². The number of rotatable bonds is 3. The zero-order valence-electron chi connectivity index (χ0n) is 9.03. The van der Waals surface area contributed by atoms with Gasteiger partial charge in [-0.3, -0.25) is 0 Å². The third-order valence-corrected chi connectivity index (χ3v) is 2.78.